The Morgan fingerprint density at radius 3 is 2.94 bits per heavy atom. The van der Waals surface area contributed by atoms with E-state index in [1.165, 1.54) is 0 Å². The Bertz CT molecular complexity index is 400. The summed E-state index contributed by atoms with van der Waals surface area (Å²) in [6.07, 6.45) is 3.42. The first kappa shape index (κ1) is 13.6. The van der Waals surface area contributed by atoms with Crippen molar-refractivity contribution in [2.75, 3.05) is 19.0 Å². The summed E-state index contributed by atoms with van der Waals surface area (Å²) >= 11 is 1.81. The molecule has 2 rings (SSSR count). The van der Waals surface area contributed by atoms with Crippen LogP contribution in [-0.2, 0) is 11.2 Å². The zero-order valence-electron chi connectivity index (χ0n) is 11.3. The third kappa shape index (κ3) is 3.36. The topological polar surface area (TPSA) is 47.0 Å². The lowest BCUT2D eigenvalue weighted by Gasteiger charge is -2.14. The minimum absolute atomic E-state index is 0.317. The van der Waals surface area contributed by atoms with Crippen molar-refractivity contribution in [2.24, 2.45) is 0 Å². The molecular formula is C13H21N3OS. The smallest absolute Gasteiger partial charge is 0.132 e. The zero-order chi connectivity index (χ0) is 13.0. The van der Waals surface area contributed by atoms with Gasteiger partial charge in [0.2, 0.25) is 0 Å². The number of anilines is 1. The summed E-state index contributed by atoms with van der Waals surface area (Å²) in [5, 5.41) is 4.68. The van der Waals surface area contributed by atoms with Crippen LogP contribution in [0, 0.1) is 0 Å². The quantitative estimate of drug-likeness (QED) is 0.831. The number of rotatable bonds is 5. The first-order chi connectivity index (χ1) is 8.72. The molecule has 0 bridgehead atoms. The Labute approximate surface area is 113 Å². The molecule has 1 aromatic rings. The highest BCUT2D eigenvalue weighted by molar-refractivity contribution is 7.99. The van der Waals surface area contributed by atoms with Crippen molar-refractivity contribution < 1.29 is 4.74 Å². The molecule has 2 unspecified atom stereocenters. The van der Waals surface area contributed by atoms with Crippen LogP contribution in [0.25, 0.3) is 0 Å². The minimum Gasteiger partial charge on any atom is -0.377 e. The lowest BCUT2D eigenvalue weighted by molar-refractivity contribution is 0.127. The van der Waals surface area contributed by atoms with Crippen LogP contribution in [0.15, 0.2) is 11.1 Å². The molecule has 4 nitrogen and oxygen atoms in total. The standard InChI is InChI=1S/C13H21N3OS/c1-4-5-11-15-12(14-3)8-13(16-11)18-10-6-7-17-9(10)2/h8-10H,4-7H2,1-3H3,(H,14,15,16). The van der Waals surface area contributed by atoms with Gasteiger partial charge in [-0.1, -0.05) is 6.92 Å². The summed E-state index contributed by atoms with van der Waals surface area (Å²) in [6.45, 7) is 5.15. The van der Waals surface area contributed by atoms with Crippen molar-refractivity contribution in [3.8, 4) is 0 Å². The normalized spacial score (nSPS) is 23.3. The number of thioether (sulfide) groups is 1. The first-order valence-corrected chi connectivity index (χ1v) is 7.45. The number of hydrogen-bond acceptors (Lipinski definition) is 5. The molecule has 0 amide bonds. The van der Waals surface area contributed by atoms with Crippen LogP contribution in [0.4, 0.5) is 5.82 Å². The molecule has 1 aliphatic rings. The zero-order valence-corrected chi connectivity index (χ0v) is 12.1. The van der Waals surface area contributed by atoms with Crippen LogP contribution < -0.4 is 5.32 Å². The van der Waals surface area contributed by atoms with Gasteiger partial charge in [-0.3, -0.25) is 0 Å². The second-order valence-corrected chi connectivity index (χ2v) is 5.79. The highest BCUT2D eigenvalue weighted by Crippen LogP contribution is 2.32. The molecule has 1 N–H and O–H groups in total. The fourth-order valence-corrected chi connectivity index (χ4v) is 3.15. The highest BCUT2D eigenvalue weighted by Gasteiger charge is 2.25. The average molecular weight is 267 g/mol. The van der Waals surface area contributed by atoms with Crippen LogP contribution in [0.2, 0.25) is 0 Å². The van der Waals surface area contributed by atoms with Gasteiger partial charge in [0.05, 0.1) is 6.10 Å². The molecule has 0 aliphatic carbocycles. The maximum atomic E-state index is 5.59. The number of nitrogens with zero attached hydrogens (tertiary/aromatic N) is 2. The van der Waals surface area contributed by atoms with Crippen molar-refractivity contribution in [3.63, 3.8) is 0 Å². The van der Waals surface area contributed by atoms with Gasteiger partial charge >= 0.3 is 0 Å². The lowest BCUT2D eigenvalue weighted by atomic mass is 10.3. The summed E-state index contributed by atoms with van der Waals surface area (Å²) in [5.41, 5.74) is 0. The molecule has 1 aliphatic heterocycles. The summed E-state index contributed by atoms with van der Waals surface area (Å²) in [7, 11) is 1.90. The van der Waals surface area contributed by atoms with E-state index in [4.69, 9.17) is 4.74 Å². The molecule has 0 spiro atoms. The summed E-state index contributed by atoms with van der Waals surface area (Å²) < 4.78 is 5.59. The number of nitrogens with one attached hydrogen (secondary N) is 1. The van der Waals surface area contributed by atoms with E-state index >= 15 is 0 Å². The predicted octanol–water partition coefficient (Wildman–Crippen LogP) is 2.74. The molecule has 18 heavy (non-hydrogen) atoms. The number of aryl methyl sites for hydroxylation is 1. The van der Waals surface area contributed by atoms with Crippen molar-refractivity contribution in [1.29, 1.82) is 0 Å². The van der Waals surface area contributed by atoms with E-state index in [2.05, 4.69) is 29.1 Å². The first-order valence-electron chi connectivity index (χ1n) is 6.57. The summed E-state index contributed by atoms with van der Waals surface area (Å²) in [4.78, 5) is 9.09. The Kier molecular flexibility index (Phi) is 4.83. The molecule has 100 valence electrons. The lowest BCUT2D eigenvalue weighted by Crippen LogP contribution is -2.13. The van der Waals surface area contributed by atoms with E-state index in [9.17, 15) is 0 Å². The van der Waals surface area contributed by atoms with Crippen LogP contribution in [0.5, 0.6) is 0 Å². The van der Waals surface area contributed by atoms with Crippen LogP contribution >= 0.6 is 11.8 Å². The highest BCUT2D eigenvalue weighted by atomic mass is 32.2. The maximum absolute atomic E-state index is 5.59. The molecule has 1 fully saturated rings. The Morgan fingerprint density at radius 1 is 1.50 bits per heavy atom. The van der Waals surface area contributed by atoms with Gasteiger partial charge in [-0.15, -0.1) is 11.8 Å². The van der Waals surface area contributed by atoms with E-state index in [0.717, 1.165) is 42.5 Å². The van der Waals surface area contributed by atoms with Crippen molar-refractivity contribution in [3.05, 3.63) is 11.9 Å². The van der Waals surface area contributed by atoms with E-state index in [1.54, 1.807) is 0 Å². The largest absolute Gasteiger partial charge is 0.377 e. The van der Waals surface area contributed by atoms with Crippen molar-refractivity contribution in [1.82, 2.24) is 9.97 Å². The van der Waals surface area contributed by atoms with Gasteiger partial charge in [0, 0.05) is 31.4 Å². The molecule has 2 atom stereocenters. The minimum atomic E-state index is 0.317. The fourth-order valence-electron chi connectivity index (χ4n) is 2.02. The van der Waals surface area contributed by atoms with Gasteiger partial charge < -0.3 is 10.1 Å². The van der Waals surface area contributed by atoms with Crippen LogP contribution in [0.1, 0.15) is 32.5 Å². The van der Waals surface area contributed by atoms with Crippen molar-refractivity contribution >= 4 is 17.6 Å². The van der Waals surface area contributed by atoms with Gasteiger partial charge in [0.25, 0.3) is 0 Å². The fraction of sp³-hybridized carbons (Fsp3) is 0.692. The number of hydrogen-bond donors (Lipinski definition) is 1. The third-order valence-electron chi connectivity index (χ3n) is 3.06. The second kappa shape index (κ2) is 6.38. The SMILES string of the molecule is CCCc1nc(NC)cc(SC2CCOC2C)n1. The predicted molar refractivity (Wildman–Crippen MR) is 75.2 cm³/mol. The van der Waals surface area contributed by atoms with Crippen molar-refractivity contribution in [2.45, 2.75) is 49.5 Å². The summed E-state index contributed by atoms with van der Waals surface area (Å²) in [6, 6.07) is 2.02. The molecule has 0 aromatic carbocycles. The van der Waals surface area contributed by atoms with Gasteiger partial charge in [-0.2, -0.15) is 0 Å². The second-order valence-electron chi connectivity index (χ2n) is 4.53. The number of aromatic nitrogens is 2. The van der Waals surface area contributed by atoms with E-state index < -0.39 is 0 Å². The van der Waals surface area contributed by atoms with Gasteiger partial charge in [0.1, 0.15) is 16.7 Å². The maximum Gasteiger partial charge on any atom is 0.132 e. The average Bonchev–Trinajstić information content (AvgIpc) is 2.75. The molecule has 1 aromatic heterocycles. The van der Waals surface area contributed by atoms with Gasteiger partial charge in [-0.05, 0) is 19.8 Å². The van der Waals surface area contributed by atoms with E-state index in [1.807, 2.05) is 24.9 Å². The van der Waals surface area contributed by atoms with E-state index in [-0.39, 0.29) is 0 Å². The Balaban J connectivity index is 2.12. The molecule has 2 heterocycles. The molecule has 0 saturated carbocycles. The van der Waals surface area contributed by atoms with Gasteiger partial charge in [-0.25, -0.2) is 9.97 Å². The molecular weight excluding hydrogens is 246 g/mol. The molecule has 0 radical (unpaired) electrons. The monoisotopic (exact) mass is 267 g/mol. The van der Waals surface area contributed by atoms with Crippen LogP contribution in [-0.4, -0.2) is 35.0 Å². The molecule has 5 heteroatoms. The third-order valence-corrected chi connectivity index (χ3v) is 4.43. The van der Waals surface area contributed by atoms with Crippen LogP contribution in [0.3, 0.4) is 0 Å². The number of ether oxygens (including phenoxy) is 1. The molecule has 1 saturated heterocycles. The van der Waals surface area contributed by atoms with E-state index in [0.29, 0.717) is 11.4 Å². The van der Waals surface area contributed by atoms with Gasteiger partial charge in [0.15, 0.2) is 0 Å². The Morgan fingerprint density at radius 2 is 2.33 bits per heavy atom. The summed E-state index contributed by atoms with van der Waals surface area (Å²) in [5.74, 6) is 1.83. The Hall–Kier alpha value is -0.810.